The average Bonchev–Trinajstić information content (AvgIpc) is 3.11. The second kappa shape index (κ2) is 8.26. The number of aryl methyl sites for hydroxylation is 2. The lowest BCUT2D eigenvalue weighted by Gasteiger charge is -2.34. The van der Waals surface area contributed by atoms with Crippen molar-refractivity contribution in [3.63, 3.8) is 0 Å². The number of hydrogen-bond donors (Lipinski definition) is 1. The minimum Gasteiger partial charge on any atom is -0.326 e. The van der Waals surface area contributed by atoms with Gasteiger partial charge in [0, 0.05) is 24.7 Å². The van der Waals surface area contributed by atoms with Crippen LogP contribution in [0, 0.1) is 0 Å². The Bertz CT molecular complexity index is 783. The van der Waals surface area contributed by atoms with Crippen LogP contribution in [-0.4, -0.2) is 23.4 Å². The van der Waals surface area contributed by atoms with Gasteiger partial charge < -0.3 is 5.32 Å². The molecular formula is C24H30N2O. The van der Waals surface area contributed by atoms with E-state index in [2.05, 4.69) is 46.6 Å². The fourth-order valence-corrected chi connectivity index (χ4v) is 4.82. The Balaban J connectivity index is 1.36. The Morgan fingerprint density at radius 3 is 2.63 bits per heavy atom. The molecule has 142 valence electrons. The lowest BCUT2D eigenvalue weighted by atomic mass is 9.99. The van der Waals surface area contributed by atoms with E-state index in [0.717, 1.165) is 24.6 Å². The van der Waals surface area contributed by atoms with Gasteiger partial charge in [0.15, 0.2) is 0 Å². The molecule has 0 bridgehead atoms. The minimum absolute atomic E-state index is 0.0226. The predicted molar refractivity (Wildman–Crippen MR) is 111 cm³/mol. The zero-order valence-corrected chi connectivity index (χ0v) is 16.3. The van der Waals surface area contributed by atoms with Gasteiger partial charge in [-0.3, -0.25) is 9.69 Å². The van der Waals surface area contributed by atoms with E-state index < -0.39 is 0 Å². The predicted octanol–water partition coefficient (Wildman–Crippen LogP) is 5.12. The Morgan fingerprint density at radius 2 is 1.81 bits per heavy atom. The van der Waals surface area contributed by atoms with Crippen LogP contribution >= 0.6 is 0 Å². The highest BCUT2D eigenvalue weighted by Gasteiger charge is 2.35. The van der Waals surface area contributed by atoms with Crippen LogP contribution in [-0.2, 0) is 17.6 Å². The van der Waals surface area contributed by atoms with Crippen LogP contribution in [0.4, 0.5) is 5.69 Å². The summed E-state index contributed by atoms with van der Waals surface area (Å²) in [6, 6.07) is 19.0. The molecule has 2 saturated heterocycles. The fraction of sp³-hybridized carbons (Fsp3) is 0.458. The van der Waals surface area contributed by atoms with E-state index in [0.29, 0.717) is 6.04 Å². The van der Waals surface area contributed by atoms with Crippen LogP contribution in [0.25, 0.3) is 0 Å². The van der Waals surface area contributed by atoms with Crippen LogP contribution in [0.1, 0.15) is 61.8 Å². The second-order valence-electron chi connectivity index (χ2n) is 8.10. The average molecular weight is 363 g/mol. The minimum atomic E-state index is -0.0226. The van der Waals surface area contributed by atoms with Gasteiger partial charge in [-0.25, -0.2) is 0 Å². The number of piperidine rings is 1. The van der Waals surface area contributed by atoms with E-state index in [1.54, 1.807) is 6.92 Å². The maximum Gasteiger partial charge on any atom is 0.221 e. The lowest BCUT2D eigenvalue weighted by molar-refractivity contribution is -0.114. The molecule has 2 aromatic rings. The molecule has 2 aliphatic heterocycles. The van der Waals surface area contributed by atoms with Crippen molar-refractivity contribution in [1.29, 1.82) is 0 Å². The first-order valence-corrected chi connectivity index (χ1v) is 10.4. The second-order valence-corrected chi connectivity index (χ2v) is 8.10. The molecule has 2 fully saturated rings. The Kier molecular flexibility index (Phi) is 5.58. The van der Waals surface area contributed by atoms with Gasteiger partial charge in [0.25, 0.3) is 0 Å². The largest absolute Gasteiger partial charge is 0.326 e. The molecule has 0 radical (unpaired) electrons. The fourth-order valence-electron chi connectivity index (χ4n) is 4.82. The quantitative estimate of drug-likeness (QED) is 0.801. The van der Waals surface area contributed by atoms with Crippen LogP contribution in [0.5, 0.6) is 0 Å². The van der Waals surface area contributed by atoms with Crippen LogP contribution < -0.4 is 5.32 Å². The number of hydrogen-bond acceptors (Lipinski definition) is 2. The van der Waals surface area contributed by atoms with Crippen molar-refractivity contribution in [2.24, 2.45) is 0 Å². The molecule has 0 saturated carbocycles. The molecule has 0 aliphatic carbocycles. The number of anilines is 1. The smallest absolute Gasteiger partial charge is 0.221 e. The molecule has 0 unspecified atom stereocenters. The van der Waals surface area contributed by atoms with Crippen molar-refractivity contribution in [3.8, 4) is 0 Å². The molecule has 1 N–H and O–H groups in total. The van der Waals surface area contributed by atoms with Gasteiger partial charge in [0.05, 0.1) is 0 Å². The summed E-state index contributed by atoms with van der Waals surface area (Å²) in [4.78, 5) is 14.0. The molecule has 0 aromatic heterocycles. The van der Waals surface area contributed by atoms with Gasteiger partial charge in [-0.2, -0.15) is 0 Å². The summed E-state index contributed by atoms with van der Waals surface area (Å²) in [5, 5.41) is 2.86. The molecule has 3 nitrogen and oxygen atoms in total. The van der Waals surface area contributed by atoms with Crippen molar-refractivity contribution in [2.75, 3.05) is 11.9 Å². The Hall–Kier alpha value is -2.13. The number of fused-ring (bicyclic) bond motifs is 1. The highest BCUT2D eigenvalue weighted by molar-refractivity contribution is 5.88. The van der Waals surface area contributed by atoms with Crippen molar-refractivity contribution < 1.29 is 4.79 Å². The SMILES string of the molecule is CC(=O)Nc1cccc(CCc2ccc([C@@H]3CC[C@@H]4CCCCN43)cc2)c1. The molecule has 27 heavy (non-hydrogen) atoms. The van der Waals surface area contributed by atoms with Gasteiger partial charge in [0.2, 0.25) is 5.91 Å². The van der Waals surface area contributed by atoms with Crippen molar-refractivity contribution >= 4 is 11.6 Å². The Labute approximate surface area is 162 Å². The molecule has 3 heteroatoms. The molecule has 1 amide bonds. The summed E-state index contributed by atoms with van der Waals surface area (Å²) in [5.41, 5.74) is 5.03. The summed E-state index contributed by atoms with van der Waals surface area (Å²) in [5.74, 6) is -0.0226. The third-order valence-corrected chi connectivity index (χ3v) is 6.16. The van der Waals surface area contributed by atoms with Gasteiger partial charge in [-0.05, 0) is 73.9 Å². The summed E-state index contributed by atoms with van der Waals surface area (Å²) >= 11 is 0. The first kappa shape index (κ1) is 18.2. The molecular weight excluding hydrogens is 332 g/mol. The van der Waals surface area contributed by atoms with Gasteiger partial charge in [0.1, 0.15) is 0 Å². The molecule has 2 aromatic carbocycles. The summed E-state index contributed by atoms with van der Waals surface area (Å²) in [7, 11) is 0. The number of carbonyl (C=O) groups is 1. The van der Waals surface area contributed by atoms with E-state index in [-0.39, 0.29) is 5.91 Å². The molecule has 2 heterocycles. The van der Waals surface area contributed by atoms with Gasteiger partial charge in [-0.1, -0.05) is 42.8 Å². The Morgan fingerprint density at radius 1 is 1.00 bits per heavy atom. The zero-order valence-electron chi connectivity index (χ0n) is 16.3. The number of nitrogens with zero attached hydrogens (tertiary/aromatic N) is 1. The maximum absolute atomic E-state index is 11.2. The molecule has 4 rings (SSSR count). The van der Waals surface area contributed by atoms with Gasteiger partial charge >= 0.3 is 0 Å². The van der Waals surface area contributed by atoms with E-state index in [1.807, 2.05) is 12.1 Å². The van der Waals surface area contributed by atoms with Crippen LogP contribution in [0.3, 0.4) is 0 Å². The summed E-state index contributed by atoms with van der Waals surface area (Å²) < 4.78 is 0. The maximum atomic E-state index is 11.2. The van der Waals surface area contributed by atoms with E-state index in [4.69, 9.17) is 0 Å². The van der Waals surface area contributed by atoms with Crippen molar-refractivity contribution in [3.05, 3.63) is 65.2 Å². The van der Waals surface area contributed by atoms with Crippen LogP contribution in [0.15, 0.2) is 48.5 Å². The first-order valence-electron chi connectivity index (χ1n) is 10.4. The summed E-state index contributed by atoms with van der Waals surface area (Å²) in [6.45, 7) is 2.83. The lowest BCUT2D eigenvalue weighted by Crippen LogP contribution is -2.35. The zero-order chi connectivity index (χ0) is 18.6. The highest BCUT2D eigenvalue weighted by Crippen LogP contribution is 2.40. The number of amides is 1. The monoisotopic (exact) mass is 362 g/mol. The van der Waals surface area contributed by atoms with Gasteiger partial charge in [-0.15, -0.1) is 0 Å². The number of benzene rings is 2. The summed E-state index contributed by atoms with van der Waals surface area (Å²) in [6.07, 6.45) is 8.88. The normalized spacial score (nSPS) is 22.4. The van der Waals surface area contributed by atoms with E-state index in [9.17, 15) is 4.79 Å². The number of rotatable bonds is 5. The van der Waals surface area contributed by atoms with E-state index in [1.165, 1.54) is 55.3 Å². The third kappa shape index (κ3) is 4.41. The topological polar surface area (TPSA) is 32.3 Å². The third-order valence-electron chi connectivity index (χ3n) is 6.16. The highest BCUT2D eigenvalue weighted by atomic mass is 16.1. The van der Waals surface area contributed by atoms with Crippen LogP contribution in [0.2, 0.25) is 0 Å². The van der Waals surface area contributed by atoms with Crippen molar-refractivity contribution in [2.45, 2.75) is 64.0 Å². The standard InChI is InChI=1S/C24H30N2O/c1-18(27)25-22-6-4-5-20(17-22)9-8-19-10-12-21(13-11-19)24-15-14-23-7-2-3-16-26(23)24/h4-6,10-13,17,23-24H,2-3,7-9,14-16H2,1H3,(H,25,27)/t23-,24-/m0/s1. The molecule has 2 aliphatic rings. The number of carbonyl (C=O) groups excluding carboxylic acids is 1. The van der Waals surface area contributed by atoms with Crippen molar-refractivity contribution in [1.82, 2.24) is 4.90 Å². The number of nitrogens with one attached hydrogen (secondary N) is 1. The van der Waals surface area contributed by atoms with E-state index >= 15 is 0 Å². The molecule has 2 atom stereocenters. The first-order chi connectivity index (χ1) is 13.2. The molecule has 0 spiro atoms.